The van der Waals surface area contributed by atoms with Crippen molar-refractivity contribution in [2.24, 2.45) is 4.99 Å². The fraction of sp³-hybridized carbons (Fsp3) is 0.632. The highest BCUT2D eigenvalue weighted by molar-refractivity contribution is 14.0. The number of ether oxygens (including phenoxy) is 1. The molecule has 1 atom stereocenters. The molecule has 1 aliphatic rings. The van der Waals surface area contributed by atoms with Gasteiger partial charge in [-0.3, -0.25) is 9.89 Å². The minimum atomic E-state index is -0.201. The number of aliphatic imine (C=N–C) groups is 1. The molecule has 0 aliphatic carbocycles. The van der Waals surface area contributed by atoms with Crippen molar-refractivity contribution in [3.05, 3.63) is 35.6 Å². The molecule has 5 nitrogen and oxygen atoms in total. The van der Waals surface area contributed by atoms with E-state index < -0.39 is 0 Å². The number of unbranched alkanes of at least 4 members (excludes halogenated alkanes) is 1. The van der Waals surface area contributed by atoms with Crippen LogP contribution in [0.4, 0.5) is 4.39 Å². The van der Waals surface area contributed by atoms with Crippen LogP contribution in [0.3, 0.4) is 0 Å². The summed E-state index contributed by atoms with van der Waals surface area (Å²) in [5.74, 6) is 0.696. The Hall–Kier alpha value is -0.930. The first-order valence-corrected chi connectivity index (χ1v) is 9.14. The molecule has 26 heavy (non-hydrogen) atoms. The molecule has 1 saturated heterocycles. The number of nitrogens with zero attached hydrogens (tertiary/aromatic N) is 3. The third kappa shape index (κ3) is 7.00. The van der Waals surface area contributed by atoms with E-state index in [4.69, 9.17) is 4.74 Å². The van der Waals surface area contributed by atoms with Crippen LogP contribution >= 0.6 is 24.0 Å². The van der Waals surface area contributed by atoms with Crippen LogP contribution in [0, 0.1) is 5.82 Å². The van der Waals surface area contributed by atoms with Gasteiger partial charge in [-0.1, -0.05) is 25.5 Å². The maximum Gasteiger partial charge on any atom is 0.193 e. The lowest BCUT2D eigenvalue weighted by Crippen LogP contribution is -2.46. The van der Waals surface area contributed by atoms with Gasteiger partial charge in [-0.15, -0.1) is 24.0 Å². The molecule has 1 unspecified atom stereocenters. The smallest absolute Gasteiger partial charge is 0.193 e. The molecular weight excluding hydrogens is 446 g/mol. The molecule has 1 fully saturated rings. The van der Waals surface area contributed by atoms with Crippen LogP contribution in [0.1, 0.15) is 31.4 Å². The van der Waals surface area contributed by atoms with E-state index in [1.165, 1.54) is 12.1 Å². The lowest BCUT2D eigenvalue weighted by Gasteiger charge is -2.35. The molecule has 7 heteroatoms. The number of guanidine groups is 1. The van der Waals surface area contributed by atoms with Gasteiger partial charge in [0, 0.05) is 40.3 Å². The maximum atomic E-state index is 13.3. The van der Waals surface area contributed by atoms with E-state index >= 15 is 0 Å². The van der Waals surface area contributed by atoms with Crippen LogP contribution in [0.5, 0.6) is 0 Å². The Labute approximate surface area is 174 Å². The van der Waals surface area contributed by atoms with Crippen LogP contribution in [0.15, 0.2) is 29.3 Å². The van der Waals surface area contributed by atoms with Gasteiger partial charge >= 0.3 is 0 Å². The minimum absolute atomic E-state index is 0. The Balaban J connectivity index is 0.00000338. The number of benzene rings is 1. The van der Waals surface area contributed by atoms with Crippen molar-refractivity contribution in [1.29, 1.82) is 0 Å². The number of morpholine rings is 1. The topological polar surface area (TPSA) is 40.1 Å². The van der Waals surface area contributed by atoms with E-state index in [1.54, 1.807) is 0 Å². The van der Waals surface area contributed by atoms with Gasteiger partial charge in [0.2, 0.25) is 0 Å². The molecule has 0 aromatic heterocycles. The highest BCUT2D eigenvalue weighted by Crippen LogP contribution is 2.21. The maximum absolute atomic E-state index is 13.3. The Kier molecular flexibility index (Phi) is 11.1. The van der Waals surface area contributed by atoms with Crippen molar-refractivity contribution in [3.8, 4) is 0 Å². The zero-order chi connectivity index (χ0) is 18.1. The first-order valence-electron chi connectivity index (χ1n) is 9.14. The van der Waals surface area contributed by atoms with Gasteiger partial charge in [0.05, 0.1) is 19.3 Å². The summed E-state index contributed by atoms with van der Waals surface area (Å²) in [6.07, 6.45) is 2.30. The summed E-state index contributed by atoms with van der Waals surface area (Å²) < 4.78 is 18.8. The Morgan fingerprint density at radius 1 is 1.31 bits per heavy atom. The van der Waals surface area contributed by atoms with Crippen molar-refractivity contribution < 1.29 is 9.13 Å². The summed E-state index contributed by atoms with van der Waals surface area (Å²) in [7, 11) is 3.87. The van der Waals surface area contributed by atoms with Gasteiger partial charge in [0.1, 0.15) is 5.82 Å². The molecule has 2 rings (SSSR count). The Morgan fingerprint density at radius 3 is 2.54 bits per heavy atom. The van der Waals surface area contributed by atoms with Gasteiger partial charge in [-0.2, -0.15) is 0 Å². The van der Waals surface area contributed by atoms with Crippen LogP contribution in [0.25, 0.3) is 0 Å². The normalized spacial score (nSPS) is 16.7. The van der Waals surface area contributed by atoms with E-state index in [0.717, 1.165) is 63.8 Å². The summed E-state index contributed by atoms with van der Waals surface area (Å²) in [5.41, 5.74) is 1.11. The second-order valence-corrected chi connectivity index (χ2v) is 6.42. The predicted molar refractivity (Wildman–Crippen MR) is 116 cm³/mol. The zero-order valence-electron chi connectivity index (χ0n) is 16.1. The third-order valence-corrected chi connectivity index (χ3v) is 4.62. The number of nitrogens with one attached hydrogen (secondary N) is 1. The fourth-order valence-corrected chi connectivity index (χ4v) is 3.11. The average Bonchev–Trinajstić information content (AvgIpc) is 2.65. The Bertz CT molecular complexity index is 535. The average molecular weight is 478 g/mol. The number of halogens is 2. The monoisotopic (exact) mass is 478 g/mol. The fourth-order valence-electron chi connectivity index (χ4n) is 3.11. The van der Waals surface area contributed by atoms with Gasteiger partial charge in [0.15, 0.2) is 5.96 Å². The quantitative estimate of drug-likeness (QED) is 0.372. The molecule has 1 aromatic rings. The van der Waals surface area contributed by atoms with Crippen LogP contribution in [-0.2, 0) is 4.74 Å². The summed E-state index contributed by atoms with van der Waals surface area (Å²) in [5, 5.41) is 3.49. The van der Waals surface area contributed by atoms with E-state index in [1.807, 2.05) is 19.2 Å². The molecule has 0 radical (unpaired) electrons. The highest BCUT2D eigenvalue weighted by Gasteiger charge is 2.23. The molecule has 1 heterocycles. The van der Waals surface area contributed by atoms with E-state index in [9.17, 15) is 4.39 Å². The van der Waals surface area contributed by atoms with Crippen LogP contribution in [0.2, 0.25) is 0 Å². The lowest BCUT2D eigenvalue weighted by molar-refractivity contribution is 0.0169. The SMILES string of the molecule is CCCCN(C)C(=NC)NCC(c1ccc(F)cc1)N1CCOCC1.I. The molecule has 1 aromatic carbocycles. The van der Waals surface area contributed by atoms with E-state index in [-0.39, 0.29) is 35.8 Å². The first kappa shape index (κ1) is 23.1. The van der Waals surface area contributed by atoms with Gasteiger partial charge in [-0.05, 0) is 24.1 Å². The molecular formula is C19H32FIN4O. The number of rotatable bonds is 7. The van der Waals surface area contributed by atoms with Crippen LogP contribution < -0.4 is 5.32 Å². The van der Waals surface area contributed by atoms with Gasteiger partial charge in [0.25, 0.3) is 0 Å². The second kappa shape index (κ2) is 12.5. The van der Waals surface area contributed by atoms with E-state index in [2.05, 4.69) is 34.1 Å². The molecule has 148 valence electrons. The predicted octanol–water partition coefficient (Wildman–Crippen LogP) is 3.12. The summed E-state index contributed by atoms with van der Waals surface area (Å²) in [6, 6.07) is 6.98. The molecule has 0 amide bonds. The van der Waals surface area contributed by atoms with Crippen molar-refractivity contribution in [2.75, 3.05) is 53.5 Å². The summed E-state index contributed by atoms with van der Waals surface area (Å²) in [6.45, 7) is 7.14. The lowest BCUT2D eigenvalue weighted by atomic mass is 10.0. The standard InChI is InChI=1S/C19H31FN4O.HI/c1-4-5-10-23(3)19(21-2)22-15-18(24-11-13-25-14-12-24)16-6-8-17(20)9-7-16;/h6-9,18H,4-5,10-15H2,1-3H3,(H,21,22);1H. The molecule has 0 bridgehead atoms. The minimum Gasteiger partial charge on any atom is -0.379 e. The van der Waals surface area contributed by atoms with Crippen molar-refractivity contribution in [3.63, 3.8) is 0 Å². The molecule has 0 saturated carbocycles. The number of hydrogen-bond donors (Lipinski definition) is 1. The summed E-state index contributed by atoms with van der Waals surface area (Å²) in [4.78, 5) is 8.94. The van der Waals surface area contributed by atoms with Crippen molar-refractivity contribution in [2.45, 2.75) is 25.8 Å². The van der Waals surface area contributed by atoms with Gasteiger partial charge < -0.3 is 15.0 Å². The van der Waals surface area contributed by atoms with Crippen molar-refractivity contribution in [1.82, 2.24) is 15.1 Å². The van der Waals surface area contributed by atoms with E-state index in [0.29, 0.717) is 0 Å². The summed E-state index contributed by atoms with van der Waals surface area (Å²) >= 11 is 0. The first-order chi connectivity index (χ1) is 12.2. The Morgan fingerprint density at radius 2 is 1.96 bits per heavy atom. The van der Waals surface area contributed by atoms with Crippen LogP contribution in [-0.4, -0.2) is 69.2 Å². The van der Waals surface area contributed by atoms with Gasteiger partial charge in [-0.25, -0.2) is 4.39 Å². The second-order valence-electron chi connectivity index (χ2n) is 6.42. The molecule has 1 N–H and O–H groups in total. The molecule has 0 spiro atoms. The van der Waals surface area contributed by atoms with Crippen molar-refractivity contribution >= 4 is 29.9 Å². The number of hydrogen-bond acceptors (Lipinski definition) is 3. The third-order valence-electron chi connectivity index (χ3n) is 4.62. The molecule has 1 aliphatic heterocycles. The highest BCUT2D eigenvalue weighted by atomic mass is 127. The zero-order valence-corrected chi connectivity index (χ0v) is 18.4. The largest absolute Gasteiger partial charge is 0.379 e.